The van der Waals surface area contributed by atoms with Crippen molar-refractivity contribution in [3.8, 4) is 17.2 Å². The Balaban J connectivity index is 2.09. The normalized spacial score (nSPS) is 10.6. The van der Waals surface area contributed by atoms with Crippen molar-refractivity contribution in [3.63, 3.8) is 0 Å². The average molecular weight is 398 g/mol. The first-order valence-corrected chi connectivity index (χ1v) is 7.77. The van der Waals surface area contributed by atoms with E-state index < -0.39 is 5.97 Å². The van der Waals surface area contributed by atoms with Crippen molar-refractivity contribution in [1.29, 1.82) is 0 Å². The number of rotatable bonds is 5. The minimum atomic E-state index is -0.497. The highest BCUT2D eigenvalue weighted by Crippen LogP contribution is 2.29. The third-order valence-electron chi connectivity index (χ3n) is 2.92. The second kappa shape index (κ2) is 8.04. The molecule has 4 nitrogen and oxygen atoms in total. The minimum Gasteiger partial charge on any atom is -0.493 e. The van der Waals surface area contributed by atoms with Crippen molar-refractivity contribution in [2.75, 3.05) is 14.2 Å². The van der Waals surface area contributed by atoms with Gasteiger partial charge in [-0.3, -0.25) is 0 Å². The molecule has 23 heavy (non-hydrogen) atoms. The SMILES string of the molecule is COc1ccc(C=CC(=O)Oc2ccc(Cl)cc2Br)cc1OC. The lowest BCUT2D eigenvalue weighted by Crippen LogP contribution is -2.04. The fraction of sp³-hybridized carbons (Fsp3) is 0.118. The van der Waals surface area contributed by atoms with E-state index in [4.69, 9.17) is 25.8 Å². The molecule has 2 aromatic rings. The van der Waals surface area contributed by atoms with Gasteiger partial charge in [-0.2, -0.15) is 0 Å². The van der Waals surface area contributed by atoms with E-state index in [-0.39, 0.29) is 0 Å². The van der Waals surface area contributed by atoms with Crippen molar-refractivity contribution >= 4 is 39.6 Å². The van der Waals surface area contributed by atoms with Gasteiger partial charge in [0.15, 0.2) is 11.5 Å². The number of halogens is 2. The van der Waals surface area contributed by atoms with E-state index in [1.807, 2.05) is 6.07 Å². The molecule has 0 bridgehead atoms. The first-order chi connectivity index (χ1) is 11.0. The van der Waals surface area contributed by atoms with E-state index in [0.717, 1.165) is 5.56 Å². The molecule has 0 amide bonds. The van der Waals surface area contributed by atoms with Crippen LogP contribution in [0.4, 0.5) is 0 Å². The van der Waals surface area contributed by atoms with Crippen molar-refractivity contribution in [1.82, 2.24) is 0 Å². The van der Waals surface area contributed by atoms with E-state index in [9.17, 15) is 4.79 Å². The minimum absolute atomic E-state index is 0.399. The quantitative estimate of drug-likeness (QED) is 0.415. The molecule has 120 valence electrons. The van der Waals surface area contributed by atoms with Gasteiger partial charge >= 0.3 is 5.97 Å². The van der Waals surface area contributed by atoms with Gasteiger partial charge in [-0.15, -0.1) is 0 Å². The van der Waals surface area contributed by atoms with Gasteiger partial charge < -0.3 is 14.2 Å². The number of benzene rings is 2. The van der Waals surface area contributed by atoms with Crippen LogP contribution in [0.25, 0.3) is 6.08 Å². The first kappa shape index (κ1) is 17.4. The highest BCUT2D eigenvalue weighted by Gasteiger charge is 2.07. The summed E-state index contributed by atoms with van der Waals surface area (Å²) in [5, 5.41) is 0.553. The smallest absolute Gasteiger partial charge is 0.336 e. The van der Waals surface area contributed by atoms with Gasteiger partial charge in [0.1, 0.15) is 5.75 Å². The Bertz CT molecular complexity index is 743. The largest absolute Gasteiger partial charge is 0.493 e. The molecular weight excluding hydrogens is 384 g/mol. The fourth-order valence-electron chi connectivity index (χ4n) is 1.82. The first-order valence-electron chi connectivity index (χ1n) is 6.60. The molecule has 0 radical (unpaired) electrons. The molecule has 0 saturated heterocycles. The Morgan fingerprint density at radius 1 is 1.04 bits per heavy atom. The molecule has 0 aliphatic rings. The summed E-state index contributed by atoms with van der Waals surface area (Å²) in [6, 6.07) is 10.3. The van der Waals surface area contributed by atoms with Crippen LogP contribution in [-0.4, -0.2) is 20.2 Å². The van der Waals surface area contributed by atoms with Gasteiger partial charge in [0.05, 0.1) is 18.7 Å². The maximum Gasteiger partial charge on any atom is 0.336 e. The Morgan fingerprint density at radius 2 is 1.74 bits per heavy atom. The van der Waals surface area contributed by atoms with Crippen LogP contribution >= 0.6 is 27.5 Å². The van der Waals surface area contributed by atoms with E-state index in [1.54, 1.807) is 50.6 Å². The molecule has 2 aromatic carbocycles. The Hall–Kier alpha value is -1.98. The number of esters is 1. The number of hydrogen-bond acceptors (Lipinski definition) is 4. The van der Waals surface area contributed by atoms with E-state index >= 15 is 0 Å². The van der Waals surface area contributed by atoms with Gasteiger partial charge in [-0.1, -0.05) is 17.7 Å². The number of carbonyl (C=O) groups is 1. The molecule has 0 spiro atoms. The maximum atomic E-state index is 11.9. The van der Waals surface area contributed by atoms with Crippen LogP contribution in [-0.2, 0) is 4.79 Å². The molecule has 0 fully saturated rings. The van der Waals surface area contributed by atoms with Gasteiger partial charge in [0.25, 0.3) is 0 Å². The Morgan fingerprint density at radius 3 is 2.39 bits per heavy atom. The van der Waals surface area contributed by atoms with E-state index in [2.05, 4.69) is 15.9 Å². The third kappa shape index (κ3) is 4.74. The zero-order valence-corrected chi connectivity index (χ0v) is 14.8. The summed E-state index contributed by atoms with van der Waals surface area (Å²) < 4.78 is 16.2. The summed E-state index contributed by atoms with van der Waals surface area (Å²) in [4.78, 5) is 11.9. The zero-order chi connectivity index (χ0) is 16.8. The van der Waals surface area contributed by atoms with Gasteiger partial charge in [0.2, 0.25) is 0 Å². The summed E-state index contributed by atoms with van der Waals surface area (Å²) in [5.74, 6) is 1.11. The molecule has 0 heterocycles. The molecule has 0 atom stereocenters. The van der Waals surface area contributed by atoms with Crippen LogP contribution in [0.15, 0.2) is 46.9 Å². The van der Waals surface area contributed by atoms with Crippen LogP contribution in [0.3, 0.4) is 0 Å². The number of methoxy groups -OCH3 is 2. The molecule has 6 heteroatoms. The molecule has 0 aromatic heterocycles. The molecule has 0 unspecified atom stereocenters. The van der Waals surface area contributed by atoms with Crippen LogP contribution < -0.4 is 14.2 Å². The van der Waals surface area contributed by atoms with Crippen molar-refractivity contribution < 1.29 is 19.0 Å². The second-order valence-corrected chi connectivity index (χ2v) is 5.73. The predicted molar refractivity (Wildman–Crippen MR) is 93.4 cm³/mol. The lowest BCUT2D eigenvalue weighted by molar-refractivity contribution is -0.128. The highest BCUT2D eigenvalue weighted by atomic mass is 79.9. The van der Waals surface area contributed by atoms with Crippen LogP contribution in [0.2, 0.25) is 5.02 Å². The molecule has 0 aliphatic heterocycles. The monoisotopic (exact) mass is 396 g/mol. The summed E-state index contributed by atoms with van der Waals surface area (Å²) >= 11 is 9.13. The lowest BCUT2D eigenvalue weighted by Gasteiger charge is -2.07. The summed E-state index contributed by atoms with van der Waals surface area (Å²) in [7, 11) is 3.12. The van der Waals surface area contributed by atoms with E-state index in [0.29, 0.717) is 26.7 Å². The van der Waals surface area contributed by atoms with Crippen molar-refractivity contribution in [2.45, 2.75) is 0 Å². The average Bonchev–Trinajstić information content (AvgIpc) is 2.55. The van der Waals surface area contributed by atoms with Crippen molar-refractivity contribution in [3.05, 3.63) is 57.5 Å². The second-order valence-electron chi connectivity index (χ2n) is 4.44. The molecule has 0 N–H and O–H groups in total. The third-order valence-corrected chi connectivity index (χ3v) is 3.78. The number of carbonyl (C=O) groups excluding carboxylic acids is 1. The number of ether oxygens (including phenoxy) is 3. The zero-order valence-electron chi connectivity index (χ0n) is 12.5. The van der Waals surface area contributed by atoms with Gasteiger partial charge in [-0.25, -0.2) is 4.79 Å². The topological polar surface area (TPSA) is 44.8 Å². The summed E-state index contributed by atoms with van der Waals surface area (Å²) in [6.07, 6.45) is 2.97. The van der Waals surface area contributed by atoms with E-state index in [1.165, 1.54) is 6.08 Å². The highest BCUT2D eigenvalue weighted by molar-refractivity contribution is 9.10. The number of hydrogen-bond donors (Lipinski definition) is 0. The fourth-order valence-corrected chi connectivity index (χ4v) is 2.58. The van der Waals surface area contributed by atoms with Crippen LogP contribution in [0.5, 0.6) is 17.2 Å². The molecule has 0 aliphatic carbocycles. The standard InChI is InChI=1S/C17H14BrClO4/c1-21-15-6-3-11(9-16(15)22-2)4-8-17(20)23-14-7-5-12(19)10-13(14)18/h3-10H,1-2H3. The maximum absolute atomic E-state index is 11.9. The van der Waals surface area contributed by atoms with Gasteiger partial charge in [0, 0.05) is 11.1 Å². The Kier molecular flexibility index (Phi) is 6.07. The van der Waals surface area contributed by atoms with Gasteiger partial charge in [-0.05, 0) is 57.9 Å². The Labute approximate surface area is 147 Å². The van der Waals surface area contributed by atoms with Crippen LogP contribution in [0.1, 0.15) is 5.56 Å². The van der Waals surface area contributed by atoms with Crippen LogP contribution in [0, 0.1) is 0 Å². The summed E-state index contributed by atoms with van der Waals surface area (Å²) in [6.45, 7) is 0. The molecular formula is C17H14BrClO4. The predicted octanol–water partition coefficient (Wildman–Crippen LogP) is 4.74. The summed E-state index contributed by atoms with van der Waals surface area (Å²) in [5.41, 5.74) is 0.787. The van der Waals surface area contributed by atoms with Crippen molar-refractivity contribution in [2.24, 2.45) is 0 Å². The molecule has 0 saturated carbocycles. The lowest BCUT2D eigenvalue weighted by atomic mass is 10.2. The molecule has 2 rings (SSSR count).